The Kier molecular flexibility index (Phi) is 7.58. The van der Waals surface area contributed by atoms with Crippen LogP contribution in [0.3, 0.4) is 0 Å². The second-order valence-corrected chi connectivity index (χ2v) is 10.1. The highest BCUT2D eigenvalue weighted by atomic mass is 16.5. The van der Waals surface area contributed by atoms with Crippen LogP contribution in [-0.4, -0.2) is 34.8 Å². The second-order valence-electron chi connectivity index (χ2n) is 10.1. The van der Waals surface area contributed by atoms with E-state index in [1.54, 1.807) is 0 Å². The van der Waals surface area contributed by atoms with E-state index in [-0.39, 0.29) is 36.1 Å². The number of nitrogens with zero attached hydrogens (tertiary/aromatic N) is 2. The fraction of sp³-hybridized carbons (Fsp3) is 0.433. The van der Waals surface area contributed by atoms with Crippen molar-refractivity contribution in [2.24, 2.45) is 5.92 Å². The monoisotopic (exact) mass is 501 g/mol. The first kappa shape index (κ1) is 25.1. The van der Waals surface area contributed by atoms with Crippen molar-refractivity contribution < 1.29 is 18.7 Å². The lowest BCUT2D eigenvalue weighted by atomic mass is 9.86. The molecule has 1 aromatic heterocycles. The first-order chi connectivity index (χ1) is 18.0. The van der Waals surface area contributed by atoms with E-state index in [2.05, 4.69) is 52.5 Å². The number of ether oxygens (including phenoxy) is 1. The van der Waals surface area contributed by atoms with Crippen LogP contribution in [-0.2, 0) is 17.8 Å². The Bertz CT molecular complexity index is 1240. The summed E-state index contributed by atoms with van der Waals surface area (Å²) in [4.78, 5) is 32.1. The number of hydrogen-bond donors (Lipinski definition) is 1. The maximum absolute atomic E-state index is 13.6. The van der Waals surface area contributed by atoms with Crippen LogP contribution in [0.1, 0.15) is 83.7 Å². The van der Waals surface area contributed by atoms with Crippen molar-refractivity contribution in [3.63, 3.8) is 0 Å². The summed E-state index contributed by atoms with van der Waals surface area (Å²) in [7, 11) is 0. The highest BCUT2D eigenvalue weighted by molar-refractivity contribution is 5.91. The van der Waals surface area contributed by atoms with E-state index in [4.69, 9.17) is 9.15 Å². The highest BCUT2D eigenvalue weighted by Gasteiger charge is 2.36. The molecule has 0 radical (unpaired) electrons. The fourth-order valence-electron chi connectivity index (χ4n) is 5.39. The van der Waals surface area contributed by atoms with Crippen LogP contribution >= 0.6 is 0 Å². The first-order valence-corrected chi connectivity index (χ1v) is 13.4. The van der Waals surface area contributed by atoms with Crippen molar-refractivity contribution in [3.8, 4) is 5.75 Å². The molecule has 2 aromatic carbocycles. The maximum Gasteiger partial charge on any atom is 0.273 e. The van der Waals surface area contributed by atoms with Gasteiger partial charge in [-0.25, -0.2) is 4.98 Å². The van der Waals surface area contributed by atoms with Crippen molar-refractivity contribution in [1.82, 2.24) is 15.2 Å². The standard InChI is InChI=1S/C30H35N3O4/c1-3-15-31-29(34)26-18-37-27(32-26)19-36-24-13-12-21-14-16-33(30(35)23-6-4-5-7-23)28(25(21)17-24)22-10-8-20(2)9-11-22/h8-13,17-18,23,28H,3-7,14-16,19H2,1-2H3,(H,31,34)/t28-/m1/s1. The minimum absolute atomic E-state index is 0.111. The number of carbonyl (C=O) groups excluding carboxylic acids is 2. The van der Waals surface area contributed by atoms with Gasteiger partial charge < -0.3 is 19.4 Å². The minimum Gasteiger partial charge on any atom is -0.484 e. The zero-order chi connectivity index (χ0) is 25.8. The largest absolute Gasteiger partial charge is 0.484 e. The average molecular weight is 502 g/mol. The Morgan fingerprint density at radius 1 is 1.14 bits per heavy atom. The second kappa shape index (κ2) is 11.2. The van der Waals surface area contributed by atoms with Crippen LogP contribution in [0.4, 0.5) is 0 Å². The predicted octanol–water partition coefficient (Wildman–Crippen LogP) is 5.37. The summed E-state index contributed by atoms with van der Waals surface area (Å²) < 4.78 is 11.5. The molecule has 1 saturated carbocycles. The van der Waals surface area contributed by atoms with Gasteiger partial charge in [0.05, 0.1) is 6.04 Å². The molecule has 1 fully saturated rings. The van der Waals surface area contributed by atoms with Gasteiger partial charge in [-0.3, -0.25) is 9.59 Å². The van der Waals surface area contributed by atoms with E-state index in [9.17, 15) is 9.59 Å². The third-order valence-corrected chi connectivity index (χ3v) is 7.41. The van der Waals surface area contributed by atoms with E-state index in [0.29, 0.717) is 18.2 Å². The SMILES string of the molecule is CCCNC(=O)c1coc(COc2ccc3c(c2)[C@@H](c2ccc(C)cc2)N(C(=O)C2CCCC2)CC3)n1. The van der Waals surface area contributed by atoms with Gasteiger partial charge in [0.25, 0.3) is 5.91 Å². The van der Waals surface area contributed by atoms with Gasteiger partial charge in [-0.15, -0.1) is 0 Å². The van der Waals surface area contributed by atoms with E-state index in [1.165, 1.54) is 17.4 Å². The molecular weight excluding hydrogens is 466 g/mol. The highest BCUT2D eigenvalue weighted by Crippen LogP contribution is 2.39. The molecule has 194 valence electrons. The molecule has 7 heteroatoms. The van der Waals surface area contributed by atoms with Crippen LogP contribution in [0.25, 0.3) is 0 Å². The van der Waals surface area contributed by atoms with E-state index in [1.807, 2.05) is 19.1 Å². The van der Waals surface area contributed by atoms with Crippen LogP contribution in [0.15, 0.2) is 53.1 Å². The molecule has 3 aromatic rings. The summed E-state index contributed by atoms with van der Waals surface area (Å²) in [5, 5.41) is 2.79. The topological polar surface area (TPSA) is 84.7 Å². The smallest absolute Gasteiger partial charge is 0.273 e. The van der Waals surface area contributed by atoms with Gasteiger partial charge in [-0.1, -0.05) is 55.7 Å². The van der Waals surface area contributed by atoms with Gasteiger partial charge in [0.2, 0.25) is 11.8 Å². The summed E-state index contributed by atoms with van der Waals surface area (Å²) in [5.41, 5.74) is 4.90. The molecule has 37 heavy (non-hydrogen) atoms. The Labute approximate surface area is 218 Å². The molecular formula is C30H35N3O4. The summed E-state index contributed by atoms with van der Waals surface area (Å²) in [6.07, 6.45) is 7.28. The van der Waals surface area contributed by atoms with Crippen LogP contribution < -0.4 is 10.1 Å². The zero-order valence-electron chi connectivity index (χ0n) is 21.7. The number of aryl methyl sites for hydroxylation is 1. The number of benzene rings is 2. The molecule has 5 rings (SSSR count). The summed E-state index contributed by atoms with van der Waals surface area (Å²) in [6, 6.07) is 14.4. The van der Waals surface area contributed by atoms with Gasteiger partial charge in [-0.05, 0) is 61.4 Å². The predicted molar refractivity (Wildman–Crippen MR) is 140 cm³/mol. The summed E-state index contributed by atoms with van der Waals surface area (Å²) >= 11 is 0. The molecule has 0 bridgehead atoms. The van der Waals surface area contributed by atoms with Crippen LogP contribution in [0, 0.1) is 12.8 Å². The van der Waals surface area contributed by atoms with Crippen molar-refractivity contribution in [3.05, 3.63) is 82.6 Å². The lowest BCUT2D eigenvalue weighted by Gasteiger charge is -2.39. The Hall–Kier alpha value is -3.61. The van der Waals surface area contributed by atoms with Crippen molar-refractivity contribution in [2.45, 2.75) is 65.0 Å². The van der Waals surface area contributed by atoms with Crippen molar-refractivity contribution in [1.29, 1.82) is 0 Å². The number of hydrogen-bond acceptors (Lipinski definition) is 5. The van der Waals surface area contributed by atoms with E-state index in [0.717, 1.165) is 56.2 Å². The minimum atomic E-state index is -0.251. The summed E-state index contributed by atoms with van der Waals surface area (Å²) in [6.45, 7) is 5.50. The summed E-state index contributed by atoms with van der Waals surface area (Å²) in [5.74, 6) is 1.17. The third-order valence-electron chi connectivity index (χ3n) is 7.41. The molecule has 0 unspecified atom stereocenters. The molecule has 2 aliphatic rings. The zero-order valence-corrected chi connectivity index (χ0v) is 21.7. The molecule has 0 spiro atoms. The van der Waals surface area contributed by atoms with Gasteiger partial charge in [0.1, 0.15) is 12.0 Å². The molecule has 2 heterocycles. The Morgan fingerprint density at radius 3 is 2.68 bits per heavy atom. The molecule has 7 nitrogen and oxygen atoms in total. The maximum atomic E-state index is 13.6. The van der Waals surface area contributed by atoms with Crippen LogP contribution in [0.5, 0.6) is 5.75 Å². The van der Waals surface area contributed by atoms with E-state index >= 15 is 0 Å². The first-order valence-electron chi connectivity index (χ1n) is 13.4. The molecule has 1 aliphatic carbocycles. The average Bonchev–Trinajstić information content (AvgIpc) is 3.63. The van der Waals surface area contributed by atoms with Crippen molar-refractivity contribution >= 4 is 11.8 Å². The number of aromatic nitrogens is 1. The number of nitrogens with one attached hydrogen (secondary N) is 1. The normalized spacial score (nSPS) is 17.5. The quantitative estimate of drug-likeness (QED) is 0.449. The molecule has 0 saturated heterocycles. The van der Waals surface area contributed by atoms with Crippen LogP contribution in [0.2, 0.25) is 0 Å². The Balaban J connectivity index is 1.38. The fourth-order valence-corrected chi connectivity index (χ4v) is 5.39. The van der Waals surface area contributed by atoms with Gasteiger partial charge in [0.15, 0.2) is 12.3 Å². The van der Waals surface area contributed by atoms with Gasteiger partial charge >= 0.3 is 0 Å². The molecule has 1 atom stereocenters. The lowest BCUT2D eigenvalue weighted by Crippen LogP contribution is -2.43. The molecule has 2 amide bonds. The third kappa shape index (κ3) is 5.55. The van der Waals surface area contributed by atoms with E-state index < -0.39 is 0 Å². The number of amides is 2. The Morgan fingerprint density at radius 2 is 1.92 bits per heavy atom. The van der Waals surface area contributed by atoms with Crippen molar-refractivity contribution in [2.75, 3.05) is 13.1 Å². The number of carbonyl (C=O) groups is 2. The van der Waals surface area contributed by atoms with Gasteiger partial charge in [0, 0.05) is 19.0 Å². The number of fused-ring (bicyclic) bond motifs is 1. The number of oxazole rings is 1. The molecule has 1 N–H and O–H groups in total. The van der Waals surface area contributed by atoms with Gasteiger partial charge in [-0.2, -0.15) is 0 Å². The molecule has 1 aliphatic heterocycles. The lowest BCUT2D eigenvalue weighted by molar-refractivity contribution is -0.137. The number of rotatable bonds is 8.